The molecule has 1 aromatic carbocycles. The van der Waals surface area contributed by atoms with Crippen LogP contribution in [0.15, 0.2) is 23.0 Å². The summed E-state index contributed by atoms with van der Waals surface area (Å²) in [5.41, 5.74) is 2.78. The number of nitrogens with one attached hydrogen (secondary N) is 3. The largest absolute Gasteiger partial charge is 0.323 e. The lowest BCUT2D eigenvalue weighted by molar-refractivity contribution is 0.444. The van der Waals surface area contributed by atoms with Crippen molar-refractivity contribution in [3.63, 3.8) is 0 Å². The molecule has 0 amide bonds. The zero-order valence-electron chi connectivity index (χ0n) is 11.9. The number of aromatic amines is 2. The summed E-state index contributed by atoms with van der Waals surface area (Å²) in [5.74, 6) is 0. The number of H-pyrrole nitrogens is 2. The molecule has 1 heterocycles. The van der Waals surface area contributed by atoms with Crippen LogP contribution >= 0.6 is 0 Å². The van der Waals surface area contributed by atoms with E-state index in [0.29, 0.717) is 6.04 Å². The van der Waals surface area contributed by atoms with E-state index in [-0.39, 0.29) is 11.7 Å². The van der Waals surface area contributed by atoms with Gasteiger partial charge in [0.1, 0.15) is 0 Å². The van der Waals surface area contributed by atoms with Gasteiger partial charge in [-0.3, -0.25) is 0 Å². The van der Waals surface area contributed by atoms with Crippen LogP contribution in [0.1, 0.15) is 51.6 Å². The zero-order valence-corrected chi connectivity index (χ0v) is 11.9. The monoisotopic (exact) mass is 261 g/mol. The minimum absolute atomic E-state index is 0.149. The first-order valence-corrected chi connectivity index (χ1v) is 7.08. The van der Waals surface area contributed by atoms with E-state index in [9.17, 15) is 4.79 Å². The number of rotatable bonds is 6. The molecule has 4 nitrogen and oxygen atoms in total. The molecule has 104 valence electrons. The van der Waals surface area contributed by atoms with Crippen molar-refractivity contribution in [2.24, 2.45) is 0 Å². The lowest BCUT2D eigenvalue weighted by atomic mass is 10.1. The van der Waals surface area contributed by atoms with E-state index in [1.54, 1.807) is 0 Å². The van der Waals surface area contributed by atoms with Gasteiger partial charge in [-0.1, -0.05) is 25.8 Å². The van der Waals surface area contributed by atoms with E-state index >= 15 is 0 Å². The fourth-order valence-corrected chi connectivity index (χ4v) is 2.44. The summed E-state index contributed by atoms with van der Waals surface area (Å²) in [6, 6.07) is 6.86. The lowest BCUT2D eigenvalue weighted by Crippen LogP contribution is -2.28. The van der Waals surface area contributed by atoms with Crippen molar-refractivity contribution in [1.82, 2.24) is 15.3 Å². The van der Waals surface area contributed by atoms with E-state index in [0.717, 1.165) is 11.0 Å². The van der Waals surface area contributed by atoms with Gasteiger partial charge in [0.25, 0.3) is 0 Å². The van der Waals surface area contributed by atoms with Crippen molar-refractivity contribution < 1.29 is 0 Å². The van der Waals surface area contributed by atoms with E-state index < -0.39 is 0 Å². The van der Waals surface area contributed by atoms with Gasteiger partial charge in [0.05, 0.1) is 11.0 Å². The highest BCUT2D eigenvalue weighted by Crippen LogP contribution is 2.18. The summed E-state index contributed by atoms with van der Waals surface area (Å²) >= 11 is 0. The smallest absolute Gasteiger partial charge is 0.308 e. The molecule has 0 aliphatic heterocycles. The van der Waals surface area contributed by atoms with Crippen molar-refractivity contribution in [1.29, 1.82) is 0 Å². The fourth-order valence-electron chi connectivity index (χ4n) is 2.44. The third-order valence-electron chi connectivity index (χ3n) is 3.57. The number of benzene rings is 1. The summed E-state index contributed by atoms with van der Waals surface area (Å²) < 4.78 is 0. The zero-order chi connectivity index (χ0) is 13.8. The van der Waals surface area contributed by atoms with Crippen LogP contribution in [0, 0.1) is 0 Å². The summed E-state index contributed by atoms with van der Waals surface area (Å²) in [7, 11) is 0. The van der Waals surface area contributed by atoms with E-state index in [4.69, 9.17) is 0 Å². The Balaban J connectivity index is 2.08. The maximum Gasteiger partial charge on any atom is 0.323 e. The molecule has 0 saturated heterocycles. The van der Waals surface area contributed by atoms with Gasteiger partial charge in [-0.2, -0.15) is 0 Å². The Morgan fingerprint density at radius 3 is 2.68 bits per heavy atom. The standard InChI is InChI=1S/C15H23N3O/c1-4-5-6-10(2)16-11(3)12-7-8-13-14(9-12)18-15(19)17-13/h7-11,16H,4-6H2,1-3H3,(H2,17,18,19). The number of hydrogen-bond donors (Lipinski definition) is 3. The number of fused-ring (bicyclic) bond motifs is 1. The van der Waals surface area contributed by atoms with Gasteiger partial charge in [0, 0.05) is 12.1 Å². The first-order valence-electron chi connectivity index (χ1n) is 7.08. The van der Waals surface area contributed by atoms with E-state index in [1.165, 1.54) is 24.8 Å². The molecule has 0 saturated carbocycles. The van der Waals surface area contributed by atoms with Crippen LogP contribution in [0.3, 0.4) is 0 Å². The second-order valence-corrected chi connectivity index (χ2v) is 5.32. The van der Waals surface area contributed by atoms with Gasteiger partial charge in [-0.15, -0.1) is 0 Å². The number of unbranched alkanes of at least 4 members (excludes halogenated alkanes) is 1. The fraction of sp³-hybridized carbons (Fsp3) is 0.533. The summed E-state index contributed by atoms with van der Waals surface area (Å²) in [6.07, 6.45) is 3.69. The van der Waals surface area contributed by atoms with Crippen LogP contribution in [0.2, 0.25) is 0 Å². The highest BCUT2D eigenvalue weighted by atomic mass is 16.1. The Bertz CT molecular complexity index is 584. The Hall–Kier alpha value is -1.55. The average molecular weight is 261 g/mol. The molecular formula is C15H23N3O. The van der Waals surface area contributed by atoms with Gasteiger partial charge in [-0.25, -0.2) is 4.79 Å². The predicted octanol–water partition coefficient (Wildman–Crippen LogP) is 3.09. The Morgan fingerprint density at radius 1 is 1.21 bits per heavy atom. The number of imidazole rings is 1. The minimum atomic E-state index is -0.149. The molecule has 4 heteroatoms. The topological polar surface area (TPSA) is 60.7 Å². The van der Waals surface area contributed by atoms with Crippen LogP contribution in [0.25, 0.3) is 11.0 Å². The SMILES string of the molecule is CCCCC(C)NC(C)c1ccc2[nH]c(=O)[nH]c2c1. The second kappa shape index (κ2) is 6.06. The highest BCUT2D eigenvalue weighted by Gasteiger charge is 2.10. The third kappa shape index (κ3) is 3.47. The first-order chi connectivity index (χ1) is 9.10. The van der Waals surface area contributed by atoms with Crippen LogP contribution < -0.4 is 11.0 Å². The molecule has 19 heavy (non-hydrogen) atoms. The quantitative estimate of drug-likeness (QED) is 0.748. The molecular weight excluding hydrogens is 238 g/mol. The molecule has 3 N–H and O–H groups in total. The molecule has 2 rings (SSSR count). The molecule has 1 aromatic heterocycles. The normalized spacial score (nSPS) is 14.7. The van der Waals surface area contributed by atoms with Gasteiger partial charge in [-0.05, 0) is 38.0 Å². The summed E-state index contributed by atoms with van der Waals surface area (Å²) in [4.78, 5) is 16.8. The number of aromatic nitrogens is 2. The van der Waals surface area contributed by atoms with Crippen LogP contribution in [0.4, 0.5) is 0 Å². The Labute approximate surface area is 113 Å². The first kappa shape index (κ1) is 13.9. The van der Waals surface area contributed by atoms with Gasteiger partial charge in [0.15, 0.2) is 0 Å². The Morgan fingerprint density at radius 2 is 1.95 bits per heavy atom. The molecule has 0 bridgehead atoms. The lowest BCUT2D eigenvalue weighted by Gasteiger charge is -2.20. The molecule has 2 atom stereocenters. The van der Waals surface area contributed by atoms with Crippen molar-refractivity contribution in [3.05, 3.63) is 34.2 Å². The van der Waals surface area contributed by atoms with Crippen LogP contribution in [-0.2, 0) is 0 Å². The molecule has 2 aromatic rings. The van der Waals surface area contributed by atoms with Crippen molar-refractivity contribution in [2.45, 2.75) is 52.1 Å². The van der Waals surface area contributed by atoms with Gasteiger partial charge >= 0.3 is 5.69 Å². The van der Waals surface area contributed by atoms with Crippen molar-refractivity contribution in [2.75, 3.05) is 0 Å². The van der Waals surface area contributed by atoms with Crippen LogP contribution in [0.5, 0.6) is 0 Å². The molecule has 0 aliphatic rings. The van der Waals surface area contributed by atoms with Gasteiger partial charge in [0.2, 0.25) is 0 Å². The molecule has 0 fully saturated rings. The minimum Gasteiger partial charge on any atom is -0.308 e. The Kier molecular flexibility index (Phi) is 4.43. The molecule has 0 aliphatic carbocycles. The number of hydrogen-bond acceptors (Lipinski definition) is 2. The maximum absolute atomic E-state index is 11.2. The summed E-state index contributed by atoms with van der Waals surface area (Å²) in [5, 5.41) is 3.60. The van der Waals surface area contributed by atoms with E-state index in [1.807, 2.05) is 12.1 Å². The summed E-state index contributed by atoms with van der Waals surface area (Å²) in [6.45, 7) is 6.60. The second-order valence-electron chi connectivity index (χ2n) is 5.32. The highest BCUT2D eigenvalue weighted by molar-refractivity contribution is 5.75. The van der Waals surface area contributed by atoms with Crippen molar-refractivity contribution >= 4 is 11.0 Å². The van der Waals surface area contributed by atoms with Crippen LogP contribution in [-0.4, -0.2) is 16.0 Å². The molecule has 0 spiro atoms. The van der Waals surface area contributed by atoms with E-state index in [2.05, 4.69) is 42.1 Å². The van der Waals surface area contributed by atoms with Gasteiger partial charge < -0.3 is 15.3 Å². The predicted molar refractivity (Wildman–Crippen MR) is 79.5 cm³/mol. The molecule has 0 radical (unpaired) electrons. The third-order valence-corrected chi connectivity index (χ3v) is 3.57. The molecule has 2 unspecified atom stereocenters. The average Bonchev–Trinajstić information content (AvgIpc) is 2.75. The van der Waals surface area contributed by atoms with Crippen molar-refractivity contribution in [3.8, 4) is 0 Å². The maximum atomic E-state index is 11.2.